The molecule has 0 aliphatic carbocycles. The summed E-state index contributed by atoms with van der Waals surface area (Å²) in [7, 11) is 0. The van der Waals surface area contributed by atoms with Gasteiger partial charge in [0.25, 0.3) is 0 Å². The summed E-state index contributed by atoms with van der Waals surface area (Å²) in [6, 6.07) is 12.6. The molecule has 32 heavy (non-hydrogen) atoms. The number of nitrogens with one attached hydrogen (secondary N) is 1. The van der Waals surface area contributed by atoms with Crippen LogP contribution in [-0.2, 0) is 6.54 Å². The second-order valence-electron chi connectivity index (χ2n) is 8.78. The summed E-state index contributed by atoms with van der Waals surface area (Å²) in [5.41, 5.74) is 5.36. The van der Waals surface area contributed by atoms with Crippen molar-refractivity contribution in [1.82, 2.24) is 14.8 Å². The Morgan fingerprint density at radius 2 is 2.09 bits per heavy atom. The van der Waals surface area contributed by atoms with E-state index in [1.54, 1.807) is 13.8 Å². The number of rotatable bonds is 3. The molecule has 2 N–H and O–H groups in total. The van der Waals surface area contributed by atoms with Crippen molar-refractivity contribution in [2.75, 3.05) is 11.1 Å². The number of aliphatic hydroxyl groups is 1. The predicted octanol–water partition coefficient (Wildman–Crippen LogP) is 5.03. The zero-order valence-corrected chi connectivity index (χ0v) is 20.1. The molecule has 0 spiro atoms. The number of benzene rings is 1. The summed E-state index contributed by atoms with van der Waals surface area (Å²) >= 11 is 1.94. The van der Waals surface area contributed by atoms with Gasteiger partial charge in [-0.1, -0.05) is 24.0 Å². The highest BCUT2D eigenvalue weighted by molar-refractivity contribution is 7.99. The van der Waals surface area contributed by atoms with E-state index in [1.807, 2.05) is 42.2 Å². The number of fused-ring (bicyclic) bond motifs is 1. The van der Waals surface area contributed by atoms with Gasteiger partial charge in [-0.25, -0.2) is 4.68 Å². The lowest BCUT2D eigenvalue weighted by Crippen LogP contribution is -2.19. The second-order valence-corrected chi connectivity index (χ2v) is 9.92. The zero-order chi connectivity index (χ0) is 22.9. The monoisotopic (exact) mass is 446 g/mol. The topological polar surface area (TPSA) is 63.0 Å². The number of anilines is 1. The average Bonchev–Trinajstić information content (AvgIpc) is 3.02. The quantitative estimate of drug-likeness (QED) is 0.553. The minimum absolute atomic E-state index is 0.135. The van der Waals surface area contributed by atoms with E-state index in [2.05, 4.69) is 59.7 Å². The standard InChI is InChI=1S/C26H30N4OS/c1-6-30-25-22(23(29-30)21-9-7-8-14-27-21)24(32-16-18(3)28-25)20-11-10-19(15-17(20)2)12-13-26(4,5)31/h7-11,14-15,18,24,28,31H,6,16H2,1-5H3/t18-,24-/m0/s1. The van der Waals surface area contributed by atoms with E-state index in [4.69, 9.17) is 5.10 Å². The molecule has 0 radical (unpaired) electrons. The van der Waals surface area contributed by atoms with Crippen molar-refractivity contribution >= 4 is 17.6 Å². The van der Waals surface area contributed by atoms with Gasteiger partial charge in [-0.2, -0.15) is 5.10 Å². The molecule has 0 fully saturated rings. The Bertz CT molecular complexity index is 1170. The Balaban J connectivity index is 1.85. The molecule has 2 atom stereocenters. The first-order valence-corrected chi connectivity index (χ1v) is 12.1. The van der Waals surface area contributed by atoms with Crippen molar-refractivity contribution < 1.29 is 5.11 Å². The highest BCUT2D eigenvalue weighted by Gasteiger charge is 2.32. The van der Waals surface area contributed by atoms with Crippen molar-refractivity contribution in [2.24, 2.45) is 0 Å². The van der Waals surface area contributed by atoms with Crippen LogP contribution in [0.1, 0.15) is 55.2 Å². The van der Waals surface area contributed by atoms with E-state index < -0.39 is 5.60 Å². The predicted molar refractivity (Wildman–Crippen MR) is 133 cm³/mol. The number of aromatic nitrogens is 3. The molecule has 0 saturated heterocycles. The van der Waals surface area contributed by atoms with Gasteiger partial charge in [-0.3, -0.25) is 4.98 Å². The van der Waals surface area contributed by atoms with Gasteiger partial charge in [-0.05, 0) is 70.0 Å². The van der Waals surface area contributed by atoms with Gasteiger partial charge in [0, 0.05) is 35.7 Å². The van der Waals surface area contributed by atoms with Crippen molar-refractivity contribution in [3.05, 3.63) is 64.8 Å². The van der Waals surface area contributed by atoms with Crippen molar-refractivity contribution in [3.8, 4) is 23.2 Å². The number of pyridine rings is 1. The number of hydrogen-bond donors (Lipinski definition) is 2. The summed E-state index contributed by atoms with van der Waals surface area (Å²) in [5.74, 6) is 8.08. The largest absolute Gasteiger partial charge is 0.378 e. The van der Waals surface area contributed by atoms with Crippen LogP contribution in [0.4, 0.5) is 5.82 Å². The maximum Gasteiger partial charge on any atom is 0.129 e. The first kappa shape index (κ1) is 22.4. The fourth-order valence-electron chi connectivity index (χ4n) is 3.91. The van der Waals surface area contributed by atoms with E-state index in [0.717, 1.165) is 35.1 Å². The third kappa shape index (κ3) is 4.69. The molecule has 0 unspecified atom stereocenters. The number of thioether (sulfide) groups is 1. The maximum atomic E-state index is 9.94. The lowest BCUT2D eigenvalue weighted by atomic mass is 9.96. The van der Waals surface area contributed by atoms with Crippen LogP contribution in [0.15, 0.2) is 42.6 Å². The van der Waals surface area contributed by atoms with Crippen LogP contribution in [0.5, 0.6) is 0 Å². The van der Waals surface area contributed by atoms with Crippen LogP contribution in [0.3, 0.4) is 0 Å². The Morgan fingerprint density at radius 3 is 2.75 bits per heavy atom. The highest BCUT2D eigenvalue weighted by Crippen LogP contribution is 2.47. The first-order chi connectivity index (χ1) is 15.3. The van der Waals surface area contributed by atoms with Crippen molar-refractivity contribution in [3.63, 3.8) is 0 Å². The summed E-state index contributed by atoms with van der Waals surface area (Å²) in [6.45, 7) is 10.7. The lowest BCUT2D eigenvalue weighted by Gasteiger charge is -2.19. The fraction of sp³-hybridized carbons (Fsp3) is 0.385. The molecule has 1 aromatic carbocycles. The van der Waals surface area contributed by atoms with Gasteiger partial charge in [-0.15, -0.1) is 11.8 Å². The van der Waals surface area contributed by atoms with Crippen LogP contribution in [-0.4, -0.2) is 37.3 Å². The molecular weight excluding hydrogens is 416 g/mol. The van der Waals surface area contributed by atoms with Gasteiger partial charge >= 0.3 is 0 Å². The Hall–Kier alpha value is -2.75. The Morgan fingerprint density at radius 1 is 1.28 bits per heavy atom. The molecule has 3 aromatic rings. The molecule has 1 aliphatic rings. The average molecular weight is 447 g/mol. The van der Waals surface area contributed by atoms with Crippen LogP contribution >= 0.6 is 11.8 Å². The summed E-state index contributed by atoms with van der Waals surface area (Å²) in [5, 5.41) is 18.7. The molecule has 0 saturated carbocycles. The lowest BCUT2D eigenvalue weighted by molar-refractivity contribution is 0.143. The smallest absolute Gasteiger partial charge is 0.129 e. The summed E-state index contributed by atoms with van der Waals surface area (Å²) < 4.78 is 2.06. The van der Waals surface area contributed by atoms with Crippen LogP contribution < -0.4 is 5.32 Å². The zero-order valence-electron chi connectivity index (χ0n) is 19.3. The summed E-state index contributed by atoms with van der Waals surface area (Å²) in [4.78, 5) is 4.61. The normalized spacial score (nSPS) is 18.2. The van der Waals surface area contributed by atoms with Crippen molar-refractivity contribution in [2.45, 2.75) is 58.1 Å². The molecule has 166 valence electrons. The third-order valence-electron chi connectivity index (χ3n) is 5.42. The van der Waals surface area contributed by atoms with E-state index in [0.29, 0.717) is 6.04 Å². The molecule has 2 aromatic heterocycles. The molecule has 0 bridgehead atoms. The Labute approximate surface area is 194 Å². The molecule has 5 nitrogen and oxygen atoms in total. The van der Waals surface area contributed by atoms with E-state index in [9.17, 15) is 5.11 Å². The van der Waals surface area contributed by atoms with Crippen LogP contribution in [0.2, 0.25) is 0 Å². The van der Waals surface area contributed by atoms with Gasteiger partial charge in [0.1, 0.15) is 17.1 Å². The second kappa shape index (κ2) is 9.01. The van der Waals surface area contributed by atoms with E-state index in [1.165, 1.54) is 16.7 Å². The molecule has 6 heteroatoms. The maximum absolute atomic E-state index is 9.94. The number of hydrogen-bond acceptors (Lipinski definition) is 5. The Kier molecular flexibility index (Phi) is 6.32. The minimum Gasteiger partial charge on any atom is -0.378 e. The van der Waals surface area contributed by atoms with E-state index in [-0.39, 0.29) is 5.25 Å². The van der Waals surface area contributed by atoms with E-state index >= 15 is 0 Å². The SMILES string of the molecule is CCn1nc(-c2ccccn2)c2c1N[C@@H](C)CS[C@H]2c1ccc(C#CC(C)(C)O)cc1C. The van der Waals surface area contributed by atoms with Gasteiger partial charge in [0.15, 0.2) is 0 Å². The molecular formula is C26H30N4OS. The number of aryl methyl sites for hydroxylation is 2. The summed E-state index contributed by atoms with van der Waals surface area (Å²) in [6.07, 6.45) is 1.82. The minimum atomic E-state index is -1.01. The van der Waals surface area contributed by atoms with Gasteiger partial charge < -0.3 is 10.4 Å². The van der Waals surface area contributed by atoms with Gasteiger partial charge in [0.05, 0.1) is 10.9 Å². The highest BCUT2D eigenvalue weighted by atomic mass is 32.2. The van der Waals surface area contributed by atoms with Crippen LogP contribution in [0.25, 0.3) is 11.4 Å². The molecule has 3 heterocycles. The van der Waals surface area contributed by atoms with Crippen molar-refractivity contribution in [1.29, 1.82) is 0 Å². The molecule has 0 amide bonds. The first-order valence-electron chi connectivity index (χ1n) is 11.0. The molecule has 4 rings (SSSR count). The third-order valence-corrected chi connectivity index (χ3v) is 6.93. The van der Waals surface area contributed by atoms with Crippen LogP contribution in [0, 0.1) is 18.8 Å². The fourth-order valence-corrected chi connectivity index (χ4v) is 5.31. The van der Waals surface area contributed by atoms with Gasteiger partial charge in [0.2, 0.25) is 0 Å². The molecule has 1 aliphatic heterocycles. The number of nitrogens with zero attached hydrogens (tertiary/aromatic N) is 3.